The number of hydrogen-bond donors (Lipinski definition) is 0. The fourth-order valence-corrected chi connectivity index (χ4v) is 4.48. The highest BCUT2D eigenvalue weighted by Gasteiger charge is 2.33. The third kappa shape index (κ3) is 3.76. The molecule has 4 aromatic rings. The molecule has 1 aliphatic heterocycles. The fraction of sp³-hybridized carbons (Fsp3) is 0.240. The van der Waals surface area contributed by atoms with E-state index in [9.17, 15) is 18.0 Å². The van der Waals surface area contributed by atoms with Crippen molar-refractivity contribution in [2.45, 2.75) is 25.3 Å². The second-order valence-electron chi connectivity index (χ2n) is 8.07. The lowest BCUT2D eigenvalue weighted by molar-refractivity contribution is 0.0737. The molecule has 3 heterocycles. The Morgan fingerprint density at radius 3 is 2.65 bits per heavy atom. The first-order valence-electron chi connectivity index (χ1n) is 10.8. The van der Waals surface area contributed by atoms with Gasteiger partial charge in [0.2, 0.25) is 0 Å². The van der Waals surface area contributed by atoms with Crippen LogP contribution in [0.4, 0.5) is 13.2 Å². The van der Waals surface area contributed by atoms with E-state index in [2.05, 4.69) is 10.1 Å². The van der Waals surface area contributed by atoms with Crippen LogP contribution in [0.2, 0.25) is 0 Å². The van der Waals surface area contributed by atoms with Gasteiger partial charge in [-0.2, -0.15) is 5.10 Å². The Kier molecular flexibility index (Phi) is 5.69. The van der Waals surface area contributed by atoms with Gasteiger partial charge in [0.05, 0.1) is 25.0 Å². The average Bonchev–Trinajstić information content (AvgIpc) is 3.51. The molecule has 0 radical (unpaired) electrons. The molecule has 1 atom stereocenters. The van der Waals surface area contributed by atoms with Crippen LogP contribution in [0.3, 0.4) is 0 Å². The quantitative estimate of drug-likeness (QED) is 0.392. The smallest absolute Gasteiger partial charge is 0.280 e. The summed E-state index contributed by atoms with van der Waals surface area (Å²) in [6.45, 7) is 0.492. The minimum Gasteiger partial charge on any atom is -0.496 e. The zero-order valence-electron chi connectivity index (χ0n) is 18.3. The Morgan fingerprint density at radius 2 is 1.91 bits per heavy atom. The summed E-state index contributed by atoms with van der Waals surface area (Å²) in [6.07, 6.45) is -0.0585. The van der Waals surface area contributed by atoms with Crippen molar-refractivity contribution in [3.63, 3.8) is 0 Å². The lowest BCUT2D eigenvalue weighted by Crippen LogP contribution is -2.30. The first-order valence-corrected chi connectivity index (χ1v) is 10.8. The molecule has 1 saturated heterocycles. The van der Waals surface area contributed by atoms with Crippen LogP contribution in [0.1, 0.15) is 46.9 Å². The van der Waals surface area contributed by atoms with E-state index >= 15 is 0 Å². The molecule has 1 amide bonds. The fourth-order valence-electron chi connectivity index (χ4n) is 4.48. The maximum atomic E-state index is 14.0. The number of amides is 1. The van der Waals surface area contributed by atoms with Crippen LogP contribution in [-0.2, 0) is 0 Å². The van der Waals surface area contributed by atoms with E-state index < -0.39 is 6.43 Å². The number of benzene rings is 2. The first kappa shape index (κ1) is 21.9. The first-order chi connectivity index (χ1) is 16.5. The second-order valence-corrected chi connectivity index (χ2v) is 8.07. The number of carbonyl (C=O) groups is 1. The molecule has 2 aromatic carbocycles. The Hall–Kier alpha value is -3.88. The third-order valence-corrected chi connectivity index (χ3v) is 6.10. The highest BCUT2D eigenvalue weighted by molar-refractivity contribution is 6.00. The Labute approximate surface area is 193 Å². The molecule has 0 bridgehead atoms. The number of carbonyl (C=O) groups excluding carboxylic acids is 1. The predicted molar refractivity (Wildman–Crippen MR) is 119 cm³/mol. The molecule has 9 heteroatoms. The van der Waals surface area contributed by atoms with Gasteiger partial charge in [-0.05, 0) is 48.7 Å². The number of ether oxygens (including phenoxy) is 1. The number of methoxy groups -OCH3 is 1. The molecule has 174 valence electrons. The van der Waals surface area contributed by atoms with Gasteiger partial charge < -0.3 is 9.64 Å². The van der Waals surface area contributed by atoms with Crippen molar-refractivity contribution < 1.29 is 22.7 Å². The topological polar surface area (TPSA) is 59.7 Å². The molecule has 1 unspecified atom stereocenters. The van der Waals surface area contributed by atoms with Crippen molar-refractivity contribution in [3.8, 4) is 17.0 Å². The summed E-state index contributed by atoms with van der Waals surface area (Å²) in [5, 5.41) is 4.06. The Morgan fingerprint density at radius 1 is 1.15 bits per heavy atom. The van der Waals surface area contributed by atoms with E-state index in [0.717, 1.165) is 22.9 Å². The summed E-state index contributed by atoms with van der Waals surface area (Å²) < 4.78 is 47.7. The molecule has 1 fully saturated rings. The van der Waals surface area contributed by atoms with Crippen LogP contribution in [0.15, 0.2) is 60.8 Å². The Bertz CT molecular complexity index is 1350. The van der Waals surface area contributed by atoms with Gasteiger partial charge in [-0.25, -0.2) is 22.7 Å². The van der Waals surface area contributed by atoms with Gasteiger partial charge in [-0.3, -0.25) is 4.79 Å². The zero-order chi connectivity index (χ0) is 23.8. The number of alkyl halides is 2. The van der Waals surface area contributed by atoms with Gasteiger partial charge in [-0.15, -0.1) is 0 Å². The minimum atomic E-state index is -2.83. The van der Waals surface area contributed by atoms with Crippen LogP contribution in [-0.4, -0.2) is 39.1 Å². The van der Waals surface area contributed by atoms with Crippen LogP contribution in [0.25, 0.3) is 16.9 Å². The van der Waals surface area contributed by atoms with Gasteiger partial charge in [0.25, 0.3) is 12.3 Å². The van der Waals surface area contributed by atoms with E-state index in [1.807, 2.05) is 0 Å². The number of nitrogens with zero attached hydrogens (tertiary/aromatic N) is 4. The molecular formula is C25H21F3N4O2. The maximum Gasteiger partial charge on any atom is 0.280 e. The maximum absolute atomic E-state index is 14.0. The van der Waals surface area contributed by atoms with E-state index in [1.54, 1.807) is 41.3 Å². The molecule has 2 aromatic heterocycles. The average molecular weight is 466 g/mol. The largest absolute Gasteiger partial charge is 0.496 e. The normalized spacial score (nSPS) is 15.9. The zero-order valence-corrected chi connectivity index (χ0v) is 18.3. The summed E-state index contributed by atoms with van der Waals surface area (Å²) >= 11 is 0. The van der Waals surface area contributed by atoms with E-state index in [-0.39, 0.29) is 40.4 Å². The van der Waals surface area contributed by atoms with Crippen molar-refractivity contribution in [3.05, 3.63) is 83.4 Å². The standard InChI is InChI=1S/C25H21F3N4O2/c1-34-22-7-3-2-5-17(22)19-13-21(23(27)28)32-24(30-19)18(14-29-32)25(33)31-12-4-6-20(31)15-8-10-16(26)11-9-15/h2-3,5,7-11,13-14,20,23H,4,6,12H2,1H3. The van der Waals surface area contributed by atoms with Gasteiger partial charge in [0, 0.05) is 12.1 Å². The van der Waals surface area contributed by atoms with E-state index in [4.69, 9.17) is 4.74 Å². The van der Waals surface area contributed by atoms with Gasteiger partial charge >= 0.3 is 0 Å². The number of aromatic nitrogens is 3. The van der Waals surface area contributed by atoms with Crippen molar-refractivity contribution in [1.82, 2.24) is 19.5 Å². The van der Waals surface area contributed by atoms with Crippen LogP contribution < -0.4 is 4.74 Å². The molecular weight excluding hydrogens is 445 g/mol. The molecule has 0 N–H and O–H groups in total. The second kappa shape index (κ2) is 8.81. The predicted octanol–water partition coefficient (Wildman–Crippen LogP) is 5.46. The lowest BCUT2D eigenvalue weighted by atomic mass is 10.0. The molecule has 5 rings (SSSR count). The molecule has 0 saturated carbocycles. The number of rotatable bonds is 5. The highest BCUT2D eigenvalue weighted by atomic mass is 19.3. The SMILES string of the molecule is COc1ccccc1-c1cc(C(F)F)n2ncc(C(=O)N3CCCC3c3ccc(F)cc3)c2n1. The number of hydrogen-bond acceptors (Lipinski definition) is 4. The van der Waals surface area contributed by atoms with Gasteiger partial charge in [0.1, 0.15) is 22.8 Å². The van der Waals surface area contributed by atoms with Crippen molar-refractivity contribution >= 4 is 11.6 Å². The van der Waals surface area contributed by atoms with E-state index in [1.165, 1.54) is 31.5 Å². The van der Waals surface area contributed by atoms with Crippen LogP contribution in [0, 0.1) is 5.82 Å². The molecule has 6 nitrogen and oxygen atoms in total. The van der Waals surface area contributed by atoms with Crippen molar-refractivity contribution in [2.75, 3.05) is 13.7 Å². The Balaban J connectivity index is 1.60. The van der Waals surface area contributed by atoms with Crippen LogP contribution in [0.5, 0.6) is 5.75 Å². The number of halogens is 3. The molecule has 0 aliphatic carbocycles. The number of para-hydroxylation sites is 1. The number of fused-ring (bicyclic) bond motifs is 1. The summed E-state index contributed by atoms with van der Waals surface area (Å²) in [6, 6.07) is 14.0. The van der Waals surface area contributed by atoms with Crippen molar-refractivity contribution in [1.29, 1.82) is 0 Å². The molecule has 0 spiro atoms. The van der Waals surface area contributed by atoms with Crippen LogP contribution >= 0.6 is 0 Å². The third-order valence-electron chi connectivity index (χ3n) is 6.10. The van der Waals surface area contributed by atoms with E-state index in [0.29, 0.717) is 17.9 Å². The van der Waals surface area contributed by atoms with Crippen molar-refractivity contribution in [2.24, 2.45) is 0 Å². The summed E-state index contributed by atoms with van der Waals surface area (Å²) in [5.41, 5.74) is 1.41. The molecule has 34 heavy (non-hydrogen) atoms. The number of likely N-dealkylation sites (tertiary alicyclic amines) is 1. The summed E-state index contributed by atoms with van der Waals surface area (Å²) in [5.74, 6) is -0.232. The molecule has 1 aliphatic rings. The highest BCUT2D eigenvalue weighted by Crippen LogP contribution is 2.35. The summed E-state index contributed by atoms with van der Waals surface area (Å²) in [7, 11) is 1.49. The van der Waals surface area contributed by atoms with Gasteiger partial charge in [0.15, 0.2) is 5.65 Å². The van der Waals surface area contributed by atoms with Gasteiger partial charge in [-0.1, -0.05) is 24.3 Å². The minimum absolute atomic E-state index is 0.0495. The monoisotopic (exact) mass is 466 g/mol. The summed E-state index contributed by atoms with van der Waals surface area (Å²) in [4.78, 5) is 19.8. The lowest BCUT2D eigenvalue weighted by Gasteiger charge is -2.24.